The minimum atomic E-state index is -1.36. The summed E-state index contributed by atoms with van der Waals surface area (Å²) >= 11 is 0. The fourth-order valence-corrected chi connectivity index (χ4v) is 6.22. The Bertz CT molecular complexity index is 460. The summed E-state index contributed by atoms with van der Waals surface area (Å²) in [6, 6.07) is 0. The van der Waals surface area contributed by atoms with Crippen LogP contribution in [0.3, 0.4) is 0 Å². The third kappa shape index (κ3) is 2.83. The van der Waals surface area contributed by atoms with Gasteiger partial charge in [0.2, 0.25) is 0 Å². The first-order valence-corrected chi connectivity index (χ1v) is 9.03. The topological polar surface area (TPSA) is 72.8 Å². The number of carbonyl (C=O) groups is 2. The second kappa shape index (κ2) is 6.33. The van der Waals surface area contributed by atoms with E-state index in [1.54, 1.807) is 0 Å². The van der Waals surface area contributed by atoms with Crippen molar-refractivity contribution in [2.24, 2.45) is 41.4 Å². The molecule has 23 heavy (non-hydrogen) atoms. The molecule has 0 aromatic rings. The number of carboxylic acid groups (broad SMARTS) is 1. The van der Waals surface area contributed by atoms with E-state index < -0.39 is 18.4 Å². The molecular formula is C18H28O5. The number of rotatable bonds is 5. The first-order valence-electron chi connectivity index (χ1n) is 9.03. The predicted molar refractivity (Wildman–Crippen MR) is 83.5 cm³/mol. The SMILES string of the molecule is CCC1CC(CC)C2C3CC(CC3C(OC(C)=O)OC(=O)O)C12. The first-order chi connectivity index (χ1) is 11.0. The van der Waals surface area contributed by atoms with E-state index in [1.165, 1.54) is 26.2 Å². The number of fused-ring (bicyclic) bond motifs is 5. The third-order valence-electron chi connectivity index (χ3n) is 6.77. The molecule has 0 spiro atoms. The van der Waals surface area contributed by atoms with E-state index in [-0.39, 0.29) is 5.92 Å². The lowest BCUT2D eigenvalue weighted by molar-refractivity contribution is -0.184. The molecule has 8 atom stereocenters. The van der Waals surface area contributed by atoms with Gasteiger partial charge in [0, 0.05) is 12.8 Å². The molecule has 3 aliphatic carbocycles. The van der Waals surface area contributed by atoms with Crippen molar-refractivity contribution in [3.8, 4) is 0 Å². The van der Waals surface area contributed by atoms with Gasteiger partial charge in [-0.05, 0) is 54.8 Å². The molecule has 5 nitrogen and oxygen atoms in total. The minimum absolute atomic E-state index is 0.0332. The normalized spacial score (nSPS) is 42.3. The average molecular weight is 324 g/mol. The third-order valence-corrected chi connectivity index (χ3v) is 6.77. The van der Waals surface area contributed by atoms with E-state index in [1.807, 2.05) is 0 Å². The molecule has 5 heteroatoms. The van der Waals surface area contributed by atoms with E-state index >= 15 is 0 Å². The maximum atomic E-state index is 11.4. The predicted octanol–water partition coefficient (Wildman–Crippen LogP) is 3.91. The molecule has 0 aromatic heterocycles. The molecule has 3 aliphatic rings. The summed E-state index contributed by atoms with van der Waals surface area (Å²) in [5.41, 5.74) is 0. The summed E-state index contributed by atoms with van der Waals surface area (Å²) < 4.78 is 10.2. The molecule has 2 bridgehead atoms. The fraction of sp³-hybridized carbons (Fsp3) is 0.889. The summed E-state index contributed by atoms with van der Waals surface area (Å²) in [6.07, 6.45) is 3.52. The first kappa shape index (κ1) is 16.6. The van der Waals surface area contributed by atoms with Gasteiger partial charge in [-0.25, -0.2) is 4.79 Å². The van der Waals surface area contributed by atoms with Crippen molar-refractivity contribution in [3.63, 3.8) is 0 Å². The van der Waals surface area contributed by atoms with Crippen molar-refractivity contribution in [2.45, 2.75) is 59.2 Å². The number of hydrogen-bond donors (Lipinski definition) is 1. The Labute approximate surface area is 137 Å². The lowest BCUT2D eigenvalue weighted by Crippen LogP contribution is -2.39. The van der Waals surface area contributed by atoms with Crippen molar-refractivity contribution in [1.29, 1.82) is 0 Å². The van der Waals surface area contributed by atoms with Crippen LogP contribution in [0, 0.1) is 41.4 Å². The smallest absolute Gasteiger partial charge is 0.450 e. The highest BCUT2D eigenvalue weighted by Gasteiger charge is 2.61. The van der Waals surface area contributed by atoms with Gasteiger partial charge in [-0.1, -0.05) is 26.7 Å². The van der Waals surface area contributed by atoms with Crippen LogP contribution in [-0.2, 0) is 14.3 Å². The van der Waals surface area contributed by atoms with Gasteiger partial charge in [0.1, 0.15) is 0 Å². The summed E-state index contributed by atoms with van der Waals surface area (Å²) in [4.78, 5) is 22.3. The zero-order chi connectivity index (χ0) is 16.7. The molecule has 3 fully saturated rings. The molecule has 0 aliphatic heterocycles. The standard InChI is InChI=1S/C18H28O5/c1-4-10-6-11(5-2)16-13-7-12(15(10)16)8-14(13)17(22-9(3)19)23-18(20)21/h10-17H,4-8H2,1-3H3,(H,20,21). The second-order valence-corrected chi connectivity index (χ2v) is 7.65. The van der Waals surface area contributed by atoms with Crippen LogP contribution in [0.4, 0.5) is 4.79 Å². The van der Waals surface area contributed by atoms with E-state index in [4.69, 9.17) is 14.6 Å². The molecular weight excluding hydrogens is 296 g/mol. The molecule has 1 N–H and O–H groups in total. The molecule has 0 radical (unpaired) electrons. The Balaban J connectivity index is 1.79. The second-order valence-electron chi connectivity index (χ2n) is 7.65. The molecule has 3 saturated carbocycles. The Kier molecular flexibility index (Phi) is 4.56. The minimum Gasteiger partial charge on any atom is -0.450 e. The van der Waals surface area contributed by atoms with Crippen LogP contribution < -0.4 is 0 Å². The number of ether oxygens (including phenoxy) is 2. The van der Waals surface area contributed by atoms with Crippen LogP contribution in [0.2, 0.25) is 0 Å². The monoisotopic (exact) mass is 324 g/mol. The van der Waals surface area contributed by atoms with Crippen molar-refractivity contribution in [2.75, 3.05) is 0 Å². The van der Waals surface area contributed by atoms with Gasteiger partial charge in [0.05, 0.1) is 0 Å². The van der Waals surface area contributed by atoms with Crippen LogP contribution in [-0.4, -0.2) is 23.5 Å². The largest absolute Gasteiger partial charge is 0.508 e. The van der Waals surface area contributed by atoms with Crippen LogP contribution in [0.25, 0.3) is 0 Å². The van der Waals surface area contributed by atoms with Crippen LogP contribution in [0.1, 0.15) is 52.9 Å². The maximum Gasteiger partial charge on any atom is 0.508 e. The van der Waals surface area contributed by atoms with Gasteiger partial charge in [0.15, 0.2) is 0 Å². The average Bonchev–Trinajstić information content (AvgIpc) is 3.15. The lowest BCUT2D eigenvalue weighted by atomic mass is 9.70. The highest BCUT2D eigenvalue weighted by molar-refractivity contribution is 5.66. The number of carbonyl (C=O) groups excluding carboxylic acids is 1. The van der Waals surface area contributed by atoms with Gasteiger partial charge in [-0.3, -0.25) is 4.79 Å². The van der Waals surface area contributed by atoms with Crippen molar-refractivity contribution >= 4 is 12.1 Å². The molecule has 130 valence electrons. The highest BCUT2D eigenvalue weighted by Crippen LogP contribution is 2.66. The highest BCUT2D eigenvalue weighted by atomic mass is 16.8. The summed E-state index contributed by atoms with van der Waals surface area (Å²) in [5.74, 6) is 3.63. The van der Waals surface area contributed by atoms with Crippen molar-refractivity contribution in [3.05, 3.63) is 0 Å². The van der Waals surface area contributed by atoms with Crippen LogP contribution >= 0.6 is 0 Å². The summed E-state index contributed by atoms with van der Waals surface area (Å²) in [7, 11) is 0. The molecule has 0 saturated heterocycles. The molecule has 3 rings (SSSR count). The molecule has 0 amide bonds. The van der Waals surface area contributed by atoms with E-state index in [9.17, 15) is 9.59 Å². The Morgan fingerprint density at radius 1 is 1.04 bits per heavy atom. The lowest BCUT2D eigenvalue weighted by Gasteiger charge is -2.37. The number of esters is 1. The Morgan fingerprint density at radius 3 is 2.26 bits per heavy atom. The Morgan fingerprint density at radius 2 is 1.70 bits per heavy atom. The molecule has 8 unspecified atom stereocenters. The van der Waals surface area contributed by atoms with Crippen molar-refractivity contribution < 1.29 is 24.2 Å². The van der Waals surface area contributed by atoms with E-state index in [0.29, 0.717) is 17.8 Å². The zero-order valence-corrected chi connectivity index (χ0v) is 14.2. The van der Waals surface area contributed by atoms with Crippen molar-refractivity contribution in [1.82, 2.24) is 0 Å². The van der Waals surface area contributed by atoms with E-state index in [0.717, 1.165) is 30.6 Å². The fourth-order valence-electron chi connectivity index (χ4n) is 6.22. The maximum absolute atomic E-state index is 11.4. The Hall–Kier alpha value is -1.26. The summed E-state index contributed by atoms with van der Waals surface area (Å²) in [5, 5.41) is 8.98. The summed E-state index contributed by atoms with van der Waals surface area (Å²) in [6.45, 7) is 5.86. The van der Waals surface area contributed by atoms with Gasteiger partial charge in [-0.15, -0.1) is 0 Å². The number of hydrogen-bond acceptors (Lipinski definition) is 4. The van der Waals surface area contributed by atoms with Gasteiger partial charge in [0.25, 0.3) is 6.29 Å². The molecule has 0 heterocycles. The molecule has 0 aromatic carbocycles. The van der Waals surface area contributed by atoms with Gasteiger partial charge < -0.3 is 14.6 Å². The zero-order valence-electron chi connectivity index (χ0n) is 14.2. The van der Waals surface area contributed by atoms with E-state index in [2.05, 4.69) is 13.8 Å². The quantitative estimate of drug-likeness (QED) is 0.613. The van der Waals surface area contributed by atoms with Crippen LogP contribution in [0.5, 0.6) is 0 Å². The van der Waals surface area contributed by atoms with Gasteiger partial charge in [-0.2, -0.15) is 0 Å². The van der Waals surface area contributed by atoms with Gasteiger partial charge >= 0.3 is 12.1 Å². The van der Waals surface area contributed by atoms with Crippen LogP contribution in [0.15, 0.2) is 0 Å².